The van der Waals surface area contributed by atoms with Crippen LogP contribution in [0.25, 0.3) is 5.69 Å². The molecule has 0 saturated carbocycles. The SMILES string of the molecule is Brc1nccc(-n2ccnc2)c1Br. The Balaban J connectivity index is 2.59. The zero-order chi connectivity index (χ0) is 9.26. The van der Waals surface area contributed by atoms with Crippen molar-refractivity contribution in [2.24, 2.45) is 0 Å². The molecule has 0 aliphatic rings. The van der Waals surface area contributed by atoms with Crippen LogP contribution in [0.3, 0.4) is 0 Å². The van der Waals surface area contributed by atoms with Crippen LogP contribution in [0.2, 0.25) is 0 Å². The Kier molecular flexibility index (Phi) is 2.46. The number of hydrogen-bond donors (Lipinski definition) is 0. The molecule has 5 heteroatoms. The lowest BCUT2D eigenvalue weighted by molar-refractivity contribution is 1.03. The quantitative estimate of drug-likeness (QED) is 0.759. The summed E-state index contributed by atoms with van der Waals surface area (Å²) in [5, 5.41) is 0. The van der Waals surface area contributed by atoms with E-state index in [9.17, 15) is 0 Å². The number of rotatable bonds is 1. The first-order valence-corrected chi connectivity index (χ1v) is 5.16. The van der Waals surface area contributed by atoms with E-state index in [1.165, 1.54) is 0 Å². The molecule has 0 aliphatic carbocycles. The fourth-order valence-corrected chi connectivity index (χ4v) is 1.77. The Morgan fingerprint density at radius 3 is 2.77 bits per heavy atom. The van der Waals surface area contributed by atoms with Gasteiger partial charge in [0.25, 0.3) is 0 Å². The molecule has 0 radical (unpaired) electrons. The Hall–Kier alpha value is -0.680. The molecule has 66 valence electrons. The molecule has 0 aromatic carbocycles. The first kappa shape index (κ1) is 8.90. The zero-order valence-corrected chi connectivity index (χ0v) is 9.66. The number of halogens is 2. The lowest BCUT2D eigenvalue weighted by atomic mass is 10.4. The third-order valence-corrected chi connectivity index (χ3v) is 3.52. The van der Waals surface area contributed by atoms with E-state index < -0.39 is 0 Å². The Labute approximate surface area is 92.1 Å². The van der Waals surface area contributed by atoms with E-state index in [0.29, 0.717) is 0 Å². The molecular formula is C8H5Br2N3. The summed E-state index contributed by atoms with van der Waals surface area (Å²) < 4.78 is 3.63. The van der Waals surface area contributed by atoms with Crippen LogP contribution in [-0.4, -0.2) is 14.5 Å². The summed E-state index contributed by atoms with van der Waals surface area (Å²) in [6, 6.07) is 1.91. The van der Waals surface area contributed by atoms with Gasteiger partial charge in [0, 0.05) is 18.6 Å². The highest BCUT2D eigenvalue weighted by atomic mass is 79.9. The van der Waals surface area contributed by atoms with Gasteiger partial charge in [-0.3, -0.25) is 0 Å². The van der Waals surface area contributed by atoms with Crippen LogP contribution in [0.1, 0.15) is 0 Å². The second-order valence-electron chi connectivity index (χ2n) is 2.40. The molecule has 3 nitrogen and oxygen atoms in total. The van der Waals surface area contributed by atoms with Crippen molar-refractivity contribution < 1.29 is 0 Å². The molecular weight excluding hydrogens is 298 g/mol. The van der Waals surface area contributed by atoms with Gasteiger partial charge in [0.2, 0.25) is 0 Å². The van der Waals surface area contributed by atoms with Gasteiger partial charge in [-0.25, -0.2) is 9.97 Å². The standard InChI is InChI=1S/C8H5Br2N3/c9-7-6(1-2-12-8(7)10)13-4-3-11-5-13/h1-5H. The second kappa shape index (κ2) is 3.59. The second-order valence-corrected chi connectivity index (χ2v) is 3.95. The van der Waals surface area contributed by atoms with Gasteiger partial charge in [-0.2, -0.15) is 0 Å². The monoisotopic (exact) mass is 301 g/mol. The van der Waals surface area contributed by atoms with E-state index >= 15 is 0 Å². The van der Waals surface area contributed by atoms with Crippen molar-refractivity contribution in [1.29, 1.82) is 0 Å². The lowest BCUT2D eigenvalue weighted by Crippen LogP contribution is -1.92. The van der Waals surface area contributed by atoms with Crippen LogP contribution in [0.5, 0.6) is 0 Å². The summed E-state index contributed by atoms with van der Waals surface area (Å²) >= 11 is 6.78. The van der Waals surface area contributed by atoms with E-state index in [4.69, 9.17) is 0 Å². The first-order chi connectivity index (χ1) is 6.29. The van der Waals surface area contributed by atoms with Crippen molar-refractivity contribution in [2.45, 2.75) is 0 Å². The van der Waals surface area contributed by atoms with Crippen molar-refractivity contribution >= 4 is 31.9 Å². The van der Waals surface area contributed by atoms with Gasteiger partial charge in [-0.15, -0.1) is 0 Å². The largest absolute Gasteiger partial charge is 0.305 e. The molecule has 2 heterocycles. The number of pyridine rings is 1. The van der Waals surface area contributed by atoms with Crippen molar-refractivity contribution in [3.8, 4) is 5.69 Å². The minimum atomic E-state index is 0.790. The molecule has 13 heavy (non-hydrogen) atoms. The molecule has 0 aliphatic heterocycles. The number of hydrogen-bond acceptors (Lipinski definition) is 2. The molecule has 2 rings (SSSR count). The van der Waals surface area contributed by atoms with E-state index in [-0.39, 0.29) is 0 Å². The molecule has 2 aromatic heterocycles. The average molecular weight is 303 g/mol. The van der Waals surface area contributed by atoms with E-state index in [0.717, 1.165) is 14.8 Å². The fraction of sp³-hybridized carbons (Fsp3) is 0. The first-order valence-electron chi connectivity index (χ1n) is 3.57. The average Bonchev–Trinajstić information content (AvgIpc) is 2.62. The minimum absolute atomic E-state index is 0.790. The van der Waals surface area contributed by atoms with Crippen molar-refractivity contribution in [1.82, 2.24) is 14.5 Å². The number of aromatic nitrogens is 3. The Morgan fingerprint density at radius 2 is 2.08 bits per heavy atom. The predicted octanol–water partition coefficient (Wildman–Crippen LogP) is 2.79. The maximum absolute atomic E-state index is 4.09. The van der Waals surface area contributed by atoms with E-state index in [1.54, 1.807) is 18.7 Å². The van der Waals surface area contributed by atoms with Crippen molar-refractivity contribution in [3.63, 3.8) is 0 Å². The van der Waals surface area contributed by atoms with Crippen molar-refractivity contribution in [2.75, 3.05) is 0 Å². The summed E-state index contributed by atoms with van der Waals surface area (Å²) in [6.07, 6.45) is 7.10. The van der Waals surface area contributed by atoms with Crippen LogP contribution in [0.15, 0.2) is 40.1 Å². The van der Waals surface area contributed by atoms with Gasteiger partial charge in [-0.1, -0.05) is 0 Å². The van der Waals surface area contributed by atoms with Gasteiger partial charge < -0.3 is 4.57 Å². The molecule has 0 bridgehead atoms. The Bertz CT molecular complexity index is 411. The third-order valence-electron chi connectivity index (χ3n) is 1.61. The van der Waals surface area contributed by atoms with Crippen molar-refractivity contribution in [3.05, 3.63) is 40.1 Å². The van der Waals surface area contributed by atoms with E-state index in [1.807, 2.05) is 16.8 Å². The normalized spacial score (nSPS) is 10.3. The van der Waals surface area contributed by atoms with Crippen LogP contribution in [0, 0.1) is 0 Å². The molecule has 0 amide bonds. The van der Waals surface area contributed by atoms with Crippen LogP contribution >= 0.6 is 31.9 Å². The van der Waals surface area contributed by atoms with Gasteiger partial charge in [0.1, 0.15) is 4.60 Å². The van der Waals surface area contributed by atoms with Gasteiger partial charge in [0.15, 0.2) is 0 Å². The van der Waals surface area contributed by atoms with Crippen LogP contribution < -0.4 is 0 Å². The maximum atomic E-state index is 4.09. The molecule has 2 aromatic rings. The van der Waals surface area contributed by atoms with E-state index in [2.05, 4.69) is 41.8 Å². The van der Waals surface area contributed by atoms with Crippen LogP contribution in [-0.2, 0) is 0 Å². The lowest BCUT2D eigenvalue weighted by Gasteiger charge is -2.04. The Morgan fingerprint density at radius 1 is 1.23 bits per heavy atom. The number of imidazole rings is 1. The minimum Gasteiger partial charge on any atom is -0.305 e. The molecule has 0 unspecified atom stereocenters. The summed E-state index contributed by atoms with van der Waals surface area (Å²) in [5.74, 6) is 0. The summed E-state index contributed by atoms with van der Waals surface area (Å²) in [7, 11) is 0. The smallest absolute Gasteiger partial charge is 0.122 e. The highest BCUT2D eigenvalue weighted by Crippen LogP contribution is 2.26. The fourth-order valence-electron chi connectivity index (χ4n) is 1.01. The van der Waals surface area contributed by atoms with Gasteiger partial charge in [-0.05, 0) is 37.9 Å². The summed E-state index contributed by atoms with van der Waals surface area (Å²) in [5.41, 5.74) is 1.01. The van der Waals surface area contributed by atoms with Gasteiger partial charge in [0.05, 0.1) is 16.5 Å². The van der Waals surface area contributed by atoms with Gasteiger partial charge >= 0.3 is 0 Å². The molecule has 0 fully saturated rings. The van der Waals surface area contributed by atoms with Crippen LogP contribution in [0.4, 0.5) is 0 Å². The molecule has 0 saturated heterocycles. The highest BCUT2D eigenvalue weighted by molar-refractivity contribution is 9.13. The molecule has 0 spiro atoms. The maximum Gasteiger partial charge on any atom is 0.122 e. The zero-order valence-electron chi connectivity index (χ0n) is 6.48. The molecule has 0 atom stereocenters. The third kappa shape index (κ3) is 1.66. The number of nitrogens with zero attached hydrogens (tertiary/aromatic N) is 3. The molecule has 0 N–H and O–H groups in total. The summed E-state index contributed by atoms with van der Waals surface area (Å²) in [6.45, 7) is 0. The highest BCUT2D eigenvalue weighted by Gasteiger charge is 2.05. The topological polar surface area (TPSA) is 30.7 Å². The summed E-state index contributed by atoms with van der Waals surface area (Å²) in [4.78, 5) is 8.06. The predicted molar refractivity (Wildman–Crippen MR) is 56.8 cm³/mol.